The van der Waals surface area contributed by atoms with Gasteiger partial charge in [-0.05, 0) is 61.2 Å². The molecule has 5 rings (SSSR count). The number of halogens is 2. The molecule has 0 bridgehead atoms. The van der Waals surface area contributed by atoms with Crippen molar-refractivity contribution in [1.82, 2.24) is 0 Å². The van der Waals surface area contributed by atoms with Crippen LogP contribution < -0.4 is 20.1 Å². The highest BCUT2D eigenvalue weighted by Crippen LogP contribution is 2.46. The summed E-state index contributed by atoms with van der Waals surface area (Å²) in [6, 6.07) is 17.3. The number of Topliss-reactive ketones (excluding diaryl/α,β-unsaturated/α-hetero) is 1. The van der Waals surface area contributed by atoms with Gasteiger partial charge in [-0.2, -0.15) is 0 Å². The molecule has 1 heterocycles. The summed E-state index contributed by atoms with van der Waals surface area (Å²) in [6.45, 7) is 2.45. The fourth-order valence-corrected chi connectivity index (χ4v) is 5.22. The van der Waals surface area contributed by atoms with Crippen molar-refractivity contribution in [2.75, 3.05) is 24.4 Å². The fourth-order valence-electron chi connectivity index (χ4n) is 4.94. The maximum Gasteiger partial charge on any atom is 0.163 e. The number of ether oxygens (including phenoxy) is 2. The van der Waals surface area contributed by atoms with Crippen molar-refractivity contribution in [3.05, 3.63) is 93.9 Å². The lowest BCUT2D eigenvalue weighted by atomic mass is 9.78. The molecule has 180 valence electrons. The third kappa shape index (κ3) is 4.34. The number of nitrogens with one attached hydrogen (secondary N) is 2. The standard InChI is InChI=1S/C28H26ClFN2O3/c1-3-35-24-12-11-16(15-25(24)34-2)17-13-22-27(23(33)14-17)28(26-18(29)7-6-8-19(26)30)32-21-10-5-4-9-20(21)31-22/h4-12,15,17,28,31-32H,3,13-14H2,1-2H3/t17-,28+/m1/s1. The zero-order valence-electron chi connectivity index (χ0n) is 19.5. The maximum atomic E-state index is 15.1. The van der Waals surface area contributed by atoms with Crippen molar-refractivity contribution in [2.45, 2.75) is 31.7 Å². The van der Waals surface area contributed by atoms with Crippen LogP contribution in [0.3, 0.4) is 0 Å². The zero-order chi connectivity index (χ0) is 24.5. The van der Waals surface area contributed by atoms with Gasteiger partial charge >= 0.3 is 0 Å². The first-order chi connectivity index (χ1) is 17.0. The first kappa shape index (κ1) is 23.2. The van der Waals surface area contributed by atoms with Gasteiger partial charge in [0.25, 0.3) is 0 Å². The number of hydrogen-bond donors (Lipinski definition) is 2. The fraction of sp³-hybridized carbons (Fsp3) is 0.250. The zero-order valence-corrected chi connectivity index (χ0v) is 20.3. The number of methoxy groups -OCH3 is 1. The summed E-state index contributed by atoms with van der Waals surface area (Å²) in [5, 5.41) is 7.12. The van der Waals surface area contributed by atoms with E-state index in [4.69, 9.17) is 21.1 Å². The topological polar surface area (TPSA) is 59.6 Å². The Morgan fingerprint density at radius 3 is 2.57 bits per heavy atom. The molecule has 0 unspecified atom stereocenters. The lowest BCUT2D eigenvalue weighted by Gasteiger charge is -2.30. The number of allylic oxidation sites excluding steroid dienone is 1. The van der Waals surface area contributed by atoms with E-state index in [1.165, 1.54) is 6.07 Å². The molecule has 2 atom stereocenters. The Labute approximate surface area is 208 Å². The van der Waals surface area contributed by atoms with E-state index >= 15 is 4.39 Å². The quantitative estimate of drug-likeness (QED) is 0.407. The molecule has 0 saturated heterocycles. The van der Waals surface area contributed by atoms with Gasteiger partial charge in [-0.3, -0.25) is 4.79 Å². The summed E-state index contributed by atoms with van der Waals surface area (Å²) >= 11 is 6.46. The molecule has 1 aliphatic heterocycles. The minimum absolute atomic E-state index is 0.0544. The van der Waals surface area contributed by atoms with Gasteiger partial charge in [-0.25, -0.2) is 4.39 Å². The van der Waals surface area contributed by atoms with E-state index < -0.39 is 11.9 Å². The van der Waals surface area contributed by atoms with Gasteiger partial charge in [-0.15, -0.1) is 0 Å². The second kappa shape index (κ2) is 9.62. The maximum absolute atomic E-state index is 15.1. The Hall–Kier alpha value is -3.51. The van der Waals surface area contributed by atoms with Crippen LogP contribution >= 0.6 is 11.6 Å². The van der Waals surface area contributed by atoms with Gasteiger partial charge in [0.1, 0.15) is 5.82 Å². The minimum Gasteiger partial charge on any atom is -0.493 e. The van der Waals surface area contributed by atoms with Gasteiger partial charge in [0.15, 0.2) is 17.3 Å². The molecule has 0 amide bonds. The third-order valence-corrected chi connectivity index (χ3v) is 6.89. The Balaban J connectivity index is 1.59. The molecule has 3 aromatic rings. The molecule has 1 aliphatic carbocycles. The Morgan fingerprint density at radius 2 is 1.83 bits per heavy atom. The second-order valence-corrected chi connectivity index (χ2v) is 9.05. The van der Waals surface area contributed by atoms with Crippen LogP contribution in [0.2, 0.25) is 5.02 Å². The summed E-state index contributed by atoms with van der Waals surface area (Å²) < 4.78 is 26.2. The van der Waals surface area contributed by atoms with Crippen molar-refractivity contribution in [2.24, 2.45) is 0 Å². The van der Waals surface area contributed by atoms with Crippen molar-refractivity contribution >= 4 is 28.8 Å². The number of carbonyl (C=O) groups is 1. The number of ketones is 1. The van der Waals surface area contributed by atoms with Crippen molar-refractivity contribution < 1.29 is 18.7 Å². The van der Waals surface area contributed by atoms with E-state index in [1.807, 2.05) is 49.4 Å². The Kier molecular flexibility index (Phi) is 6.39. The largest absolute Gasteiger partial charge is 0.493 e. The van der Waals surface area contributed by atoms with Crippen LogP contribution in [0.5, 0.6) is 11.5 Å². The molecule has 7 heteroatoms. The summed E-state index contributed by atoms with van der Waals surface area (Å²) in [5.41, 5.74) is 4.14. The highest BCUT2D eigenvalue weighted by molar-refractivity contribution is 6.31. The lowest BCUT2D eigenvalue weighted by Crippen LogP contribution is -2.27. The molecule has 0 spiro atoms. The number of fused-ring (bicyclic) bond motifs is 1. The first-order valence-electron chi connectivity index (χ1n) is 11.6. The van der Waals surface area contributed by atoms with Gasteiger partial charge < -0.3 is 20.1 Å². The number of rotatable bonds is 5. The average Bonchev–Trinajstić information content (AvgIpc) is 3.01. The van der Waals surface area contributed by atoms with E-state index in [1.54, 1.807) is 19.2 Å². The van der Waals surface area contributed by atoms with Crippen LogP contribution in [0.1, 0.15) is 42.9 Å². The van der Waals surface area contributed by atoms with Crippen LogP contribution in [-0.2, 0) is 4.79 Å². The van der Waals surface area contributed by atoms with Crippen LogP contribution in [0.25, 0.3) is 0 Å². The van der Waals surface area contributed by atoms with Crippen molar-refractivity contribution in [3.8, 4) is 11.5 Å². The molecule has 35 heavy (non-hydrogen) atoms. The van der Waals surface area contributed by atoms with E-state index in [0.29, 0.717) is 30.1 Å². The lowest BCUT2D eigenvalue weighted by molar-refractivity contribution is -0.116. The Bertz CT molecular complexity index is 1300. The summed E-state index contributed by atoms with van der Waals surface area (Å²) in [6.07, 6.45) is 0.870. The minimum atomic E-state index is -0.710. The molecule has 2 aliphatic rings. The van der Waals surface area contributed by atoms with E-state index in [2.05, 4.69) is 10.6 Å². The highest BCUT2D eigenvalue weighted by Gasteiger charge is 2.38. The monoisotopic (exact) mass is 492 g/mol. The SMILES string of the molecule is CCOc1ccc([C@H]2CC(=O)C3=C(C2)Nc2ccccc2N[C@H]3c2c(F)cccc2Cl)cc1OC. The summed E-state index contributed by atoms with van der Waals surface area (Å²) in [5.74, 6) is 0.725. The highest BCUT2D eigenvalue weighted by atomic mass is 35.5. The van der Waals surface area contributed by atoms with E-state index in [9.17, 15) is 4.79 Å². The molecule has 0 saturated carbocycles. The normalized spacial score (nSPS) is 19.1. The summed E-state index contributed by atoms with van der Waals surface area (Å²) in [7, 11) is 1.60. The van der Waals surface area contributed by atoms with Gasteiger partial charge in [0.2, 0.25) is 0 Å². The molecular weight excluding hydrogens is 467 g/mol. The Morgan fingerprint density at radius 1 is 1.03 bits per heavy atom. The van der Waals surface area contributed by atoms with Gasteiger partial charge in [0, 0.05) is 28.3 Å². The number of anilines is 2. The average molecular weight is 493 g/mol. The smallest absolute Gasteiger partial charge is 0.163 e. The molecule has 2 N–H and O–H groups in total. The predicted molar refractivity (Wildman–Crippen MR) is 136 cm³/mol. The van der Waals surface area contributed by atoms with Crippen LogP contribution in [0, 0.1) is 5.82 Å². The molecule has 5 nitrogen and oxygen atoms in total. The first-order valence-corrected chi connectivity index (χ1v) is 12.0. The number of carbonyl (C=O) groups excluding carboxylic acids is 1. The molecule has 0 fully saturated rings. The van der Waals surface area contributed by atoms with Crippen LogP contribution in [-0.4, -0.2) is 19.5 Å². The molecule has 3 aromatic carbocycles. The number of para-hydroxylation sites is 2. The van der Waals surface area contributed by atoms with E-state index in [0.717, 1.165) is 22.6 Å². The number of hydrogen-bond acceptors (Lipinski definition) is 5. The second-order valence-electron chi connectivity index (χ2n) is 8.65. The molecule has 0 aromatic heterocycles. The van der Waals surface area contributed by atoms with Crippen LogP contribution in [0.4, 0.5) is 15.8 Å². The summed E-state index contributed by atoms with van der Waals surface area (Å²) in [4.78, 5) is 13.7. The predicted octanol–water partition coefficient (Wildman–Crippen LogP) is 6.87. The van der Waals surface area contributed by atoms with Crippen molar-refractivity contribution in [1.29, 1.82) is 0 Å². The third-order valence-electron chi connectivity index (χ3n) is 6.56. The van der Waals surface area contributed by atoms with Crippen LogP contribution in [0.15, 0.2) is 71.9 Å². The van der Waals surface area contributed by atoms with Crippen molar-refractivity contribution in [3.63, 3.8) is 0 Å². The van der Waals surface area contributed by atoms with E-state index in [-0.39, 0.29) is 28.7 Å². The van der Waals surface area contributed by atoms with Gasteiger partial charge in [0.05, 0.1) is 31.1 Å². The molecule has 0 radical (unpaired) electrons. The number of benzene rings is 3. The van der Waals surface area contributed by atoms with Gasteiger partial charge in [-0.1, -0.05) is 35.9 Å². The molecular formula is C28H26ClFN2O3.